The van der Waals surface area contributed by atoms with Gasteiger partial charge in [-0.1, -0.05) is 5.16 Å². The summed E-state index contributed by atoms with van der Waals surface area (Å²) in [6, 6.07) is -2.66. The number of aliphatic imine (C=N–C) groups is 1. The van der Waals surface area contributed by atoms with Crippen LogP contribution in [0.4, 0.5) is 5.13 Å². The first-order valence-corrected chi connectivity index (χ1v) is 16.1. The number of carboxylic acids is 1. The Labute approximate surface area is 260 Å². The van der Waals surface area contributed by atoms with E-state index in [0.717, 1.165) is 35.6 Å². The number of nitrogens with zero attached hydrogens (tertiary/aromatic N) is 7. The van der Waals surface area contributed by atoms with E-state index in [1.54, 1.807) is 0 Å². The molecular weight excluding hydrogens is 636 g/mol. The summed E-state index contributed by atoms with van der Waals surface area (Å²) in [5.41, 5.74) is 9.84. The summed E-state index contributed by atoms with van der Waals surface area (Å²) in [5, 5.41) is 32.0. The van der Waals surface area contributed by atoms with E-state index in [2.05, 4.69) is 41.3 Å². The number of nitrogen functional groups attached to an aromatic ring is 1. The van der Waals surface area contributed by atoms with Gasteiger partial charge in [-0.15, -0.1) is 11.3 Å². The molecule has 4 heterocycles. The van der Waals surface area contributed by atoms with Crippen LogP contribution in [0.2, 0.25) is 0 Å². The van der Waals surface area contributed by atoms with Crippen molar-refractivity contribution in [2.45, 2.75) is 68.9 Å². The van der Waals surface area contributed by atoms with Gasteiger partial charge in [0.25, 0.3) is 11.8 Å². The number of carbonyl (C=O) groups is 3. The summed E-state index contributed by atoms with van der Waals surface area (Å²) < 4.78 is 33.9. The van der Waals surface area contributed by atoms with Crippen LogP contribution in [0.1, 0.15) is 43.5 Å². The topological polar surface area (TPSA) is 295 Å². The Hall–Kier alpha value is -4.41. The van der Waals surface area contributed by atoms with Crippen molar-refractivity contribution in [3.63, 3.8) is 0 Å². The maximum Gasteiger partial charge on any atom is 0.362 e. The molecule has 1 saturated carbocycles. The molecule has 0 bridgehead atoms. The number of anilines is 1. The molecule has 244 valence electrons. The van der Waals surface area contributed by atoms with Crippen LogP contribution in [0.3, 0.4) is 0 Å². The quantitative estimate of drug-likeness (QED) is 0.0401. The Bertz CT molecular complexity index is 1610. The van der Waals surface area contributed by atoms with Crippen LogP contribution in [0, 0.1) is 0 Å². The van der Waals surface area contributed by atoms with Crippen molar-refractivity contribution in [3.8, 4) is 0 Å². The number of hydrogen-bond acceptors (Lipinski definition) is 14. The largest absolute Gasteiger partial charge is 0.478 e. The Kier molecular flexibility index (Phi) is 9.18. The maximum atomic E-state index is 13.4. The molecule has 1 aliphatic carbocycles. The van der Waals surface area contributed by atoms with Crippen LogP contribution in [-0.4, -0.2) is 109 Å². The number of hydrogen-bond donors (Lipinski definition) is 7. The molecular formula is C23H32N12O8S2. The lowest BCUT2D eigenvalue weighted by Gasteiger charge is -2.43. The predicted molar refractivity (Wildman–Crippen MR) is 157 cm³/mol. The van der Waals surface area contributed by atoms with Crippen molar-refractivity contribution in [2.75, 3.05) is 18.8 Å². The highest BCUT2D eigenvalue weighted by Gasteiger charge is 2.55. The van der Waals surface area contributed by atoms with E-state index in [-0.39, 0.29) is 53.1 Å². The molecule has 9 N–H and O–H groups in total. The Morgan fingerprint density at radius 2 is 2.04 bits per heavy atom. The van der Waals surface area contributed by atoms with Gasteiger partial charge in [-0.3, -0.25) is 14.1 Å². The standard InChI is InChI=1S/C23H32N12O8S2/c24-21(29-12-3-6-26-7-12)27-8-13-9-28-34(32-13)10-15-17(19(37)35(15)45(40,41)42)31-18(36)16(14-11-44-22(25)30-14)33-43-23(20(38)39)4-1-2-5-23/h9,11-12,15,17,26H,1-8,10H2,(H2,25,30)(H,31,36)(H,38,39)(H3,24,27,29)(H,40,41,42)/b33-16-/t12?,15-,17+/m1/s1. The van der Waals surface area contributed by atoms with E-state index >= 15 is 0 Å². The highest BCUT2D eigenvalue weighted by atomic mass is 32.2. The van der Waals surface area contributed by atoms with E-state index < -0.39 is 51.5 Å². The zero-order chi connectivity index (χ0) is 32.4. The van der Waals surface area contributed by atoms with Crippen LogP contribution < -0.4 is 27.4 Å². The zero-order valence-electron chi connectivity index (χ0n) is 23.7. The van der Waals surface area contributed by atoms with E-state index in [4.69, 9.17) is 16.3 Å². The third-order valence-electron chi connectivity index (χ3n) is 7.55. The van der Waals surface area contributed by atoms with E-state index in [1.807, 2.05) is 0 Å². The van der Waals surface area contributed by atoms with Gasteiger partial charge < -0.3 is 37.4 Å². The van der Waals surface area contributed by atoms with Gasteiger partial charge in [0, 0.05) is 30.8 Å². The number of rotatable bonds is 12. The summed E-state index contributed by atoms with van der Waals surface area (Å²) in [4.78, 5) is 52.9. The smallest absolute Gasteiger partial charge is 0.362 e. The molecule has 2 aromatic heterocycles. The minimum atomic E-state index is -5.02. The lowest BCUT2D eigenvalue weighted by atomic mass is 9.98. The number of oxime groups is 1. The molecule has 3 atom stereocenters. The van der Waals surface area contributed by atoms with E-state index in [9.17, 15) is 32.5 Å². The minimum Gasteiger partial charge on any atom is -0.478 e. The number of carboxylic acid groups (broad SMARTS) is 1. The van der Waals surface area contributed by atoms with Crippen LogP contribution >= 0.6 is 11.3 Å². The van der Waals surface area contributed by atoms with E-state index in [1.165, 1.54) is 11.6 Å². The van der Waals surface area contributed by atoms with Gasteiger partial charge in [0.2, 0.25) is 5.60 Å². The van der Waals surface area contributed by atoms with Gasteiger partial charge in [-0.2, -0.15) is 23.4 Å². The second-order valence-electron chi connectivity index (χ2n) is 10.7. The lowest BCUT2D eigenvalue weighted by molar-refractivity contribution is -0.165. The molecule has 3 fully saturated rings. The molecule has 3 aliphatic rings. The molecule has 0 aromatic carbocycles. The fourth-order valence-corrected chi connectivity index (χ4v) is 6.65. The van der Waals surface area contributed by atoms with Crippen molar-refractivity contribution in [1.82, 2.24) is 40.2 Å². The van der Waals surface area contributed by atoms with Crippen molar-refractivity contribution in [2.24, 2.45) is 15.9 Å². The van der Waals surface area contributed by atoms with Gasteiger partial charge >= 0.3 is 16.3 Å². The Morgan fingerprint density at radius 3 is 2.67 bits per heavy atom. The van der Waals surface area contributed by atoms with Crippen molar-refractivity contribution < 1.29 is 37.3 Å². The molecule has 2 amide bonds. The number of nitrogens with two attached hydrogens (primary N) is 2. The third kappa shape index (κ3) is 7.13. The van der Waals surface area contributed by atoms with Gasteiger partial charge in [-0.05, 0) is 25.8 Å². The summed E-state index contributed by atoms with van der Waals surface area (Å²) in [5.74, 6) is -3.19. The summed E-state index contributed by atoms with van der Waals surface area (Å²) in [6.45, 7) is 1.34. The molecule has 2 aromatic rings. The first kappa shape index (κ1) is 32.0. The number of amides is 2. The second kappa shape index (κ2) is 12.9. The van der Waals surface area contributed by atoms with Crippen LogP contribution in [-0.2, 0) is 42.6 Å². The summed E-state index contributed by atoms with van der Waals surface area (Å²) in [7, 11) is -5.02. The molecule has 0 spiro atoms. The van der Waals surface area contributed by atoms with Gasteiger partial charge in [0.05, 0.1) is 19.3 Å². The van der Waals surface area contributed by atoms with E-state index in [0.29, 0.717) is 18.5 Å². The number of nitrogens with one attached hydrogen (secondary N) is 3. The van der Waals surface area contributed by atoms with Crippen LogP contribution in [0.5, 0.6) is 0 Å². The molecule has 45 heavy (non-hydrogen) atoms. The lowest BCUT2D eigenvalue weighted by Crippen LogP contribution is -2.73. The SMILES string of the molecule is NC(=NCc1cnn(C[C@@H]2[C@H](NC(=O)/C(=N\OC3(C(=O)O)CCCC3)c3csc(N)n3)C(=O)N2S(=O)(=O)O)n1)NC1CCNC1. The maximum absolute atomic E-state index is 13.4. The summed E-state index contributed by atoms with van der Waals surface area (Å²) >= 11 is 0.977. The van der Waals surface area contributed by atoms with Crippen molar-refractivity contribution in [1.29, 1.82) is 0 Å². The predicted octanol–water partition coefficient (Wildman–Crippen LogP) is -2.60. The monoisotopic (exact) mass is 668 g/mol. The molecule has 1 unspecified atom stereocenters. The highest BCUT2D eigenvalue weighted by molar-refractivity contribution is 7.84. The molecule has 0 radical (unpaired) electrons. The minimum absolute atomic E-state index is 0.0547. The van der Waals surface area contributed by atoms with Gasteiger partial charge in [0.15, 0.2) is 16.8 Å². The molecule has 2 aliphatic heterocycles. The fraction of sp³-hybridized carbons (Fsp3) is 0.565. The molecule has 22 heteroatoms. The van der Waals surface area contributed by atoms with Crippen molar-refractivity contribution in [3.05, 3.63) is 23.0 Å². The van der Waals surface area contributed by atoms with Gasteiger partial charge in [-0.25, -0.2) is 19.1 Å². The van der Waals surface area contributed by atoms with Crippen LogP contribution in [0.25, 0.3) is 0 Å². The number of β-lactam (4-membered cyclic amide) rings is 1. The first-order valence-electron chi connectivity index (χ1n) is 13.8. The third-order valence-corrected chi connectivity index (χ3v) is 9.18. The molecule has 2 saturated heterocycles. The Morgan fingerprint density at radius 1 is 1.29 bits per heavy atom. The van der Waals surface area contributed by atoms with Crippen LogP contribution in [0.15, 0.2) is 21.7 Å². The van der Waals surface area contributed by atoms with Crippen molar-refractivity contribution >= 4 is 56.2 Å². The number of aromatic nitrogens is 4. The number of aliphatic carboxylic acids is 1. The molecule has 20 nitrogen and oxygen atoms in total. The average molecular weight is 669 g/mol. The first-order chi connectivity index (χ1) is 21.4. The summed E-state index contributed by atoms with van der Waals surface area (Å²) in [6.07, 6.45) is 3.75. The molecule has 5 rings (SSSR count). The number of thiazole rings is 1. The number of carbonyl (C=O) groups excluding carboxylic acids is 2. The highest BCUT2D eigenvalue weighted by Crippen LogP contribution is 2.34. The number of guanidine groups is 1. The average Bonchev–Trinajstić information content (AvgIpc) is 3.79. The van der Waals surface area contributed by atoms with Gasteiger partial charge in [0.1, 0.15) is 23.5 Å². The Balaban J connectivity index is 1.31. The fourth-order valence-electron chi connectivity index (χ4n) is 5.23. The second-order valence-corrected chi connectivity index (χ2v) is 12.8. The zero-order valence-corrected chi connectivity index (χ0v) is 25.3. The normalized spacial score (nSPS) is 23.5.